The number of rotatable bonds is 11. The second-order valence-corrected chi connectivity index (χ2v) is 11.5. The molecule has 1 unspecified atom stereocenters. The van der Waals surface area contributed by atoms with Crippen molar-refractivity contribution in [2.24, 2.45) is 0 Å². The fourth-order valence-electron chi connectivity index (χ4n) is 4.00. The van der Waals surface area contributed by atoms with Gasteiger partial charge in [0.25, 0.3) is 5.56 Å². The molecular formula is C24H32F2N3O9P. The summed E-state index contributed by atoms with van der Waals surface area (Å²) in [4.78, 5) is 38.1. The van der Waals surface area contributed by atoms with E-state index in [1.807, 2.05) is 4.98 Å². The van der Waals surface area contributed by atoms with Gasteiger partial charge in [-0.15, -0.1) is 0 Å². The third-order valence-corrected chi connectivity index (χ3v) is 7.71. The lowest BCUT2D eigenvalue weighted by atomic mass is 9.89. The molecule has 0 saturated carbocycles. The van der Waals surface area contributed by atoms with Crippen LogP contribution in [0.3, 0.4) is 0 Å². The van der Waals surface area contributed by atoms with Crippen molar-refractivity contribution >= 4 is 13.7 Å². The molecule has 1 fully saturated rings. The Labute approximate surface area is 222 Å². The number of carbonyl (C=O) groups excluding carboxylic acids is 1. The van der Waals surface area contributed by atoms with Crippen LogP contribution in [-0.2, 0) is 23.4 Å². The Bertz CT molecular complexity index is 1320. The molecule has 1 aromatic carbocycles. The molecule has 2 heterocycles. The summed E-state index contributed by atoms with van der Waals surface area (Å²) in [6, 6.07) is 7.50. The molecular weight excluding hydrogens is 543 g/mol. The number of benzene rings is 1. The largest absolute Gasteiger partial charge is 0.462 e. The van der Waals surface area contributed by atoms with Crippen molar-refractivity contribution in [3.05, 3.63) is 63.4 Å². The summed E-state index contributed by atoms with van der Waals surface area (Å²) >= 11 is 0. The van der Waals surface area contributed by atoms with E-state index in [9.17, 15) is 28.4 Å². The third kappa shape index (κ3) is 6.82. The second kappa shape index (κ2) is 11.7. The second-order valence-electron chi connectivity index (χ2n) is 9.86. The van der Waals surface area contributed by atoms with Gasteiger partial charge in [-0.1, -0.05) is 18.2 Å². The summed E-state index contributed by atoms with van der Waals surface area (Å²) in [5.74, 6) is -0.680. The molecule has 1 aliphatic heterocycles. The molecule has 2 aromatic rings. The fraction of sp³-hybridized carbons (Fsp3) is 0.542. The van der Waals surface area contributed by atoms with Gasteiger partial charge in [-0.05, 0) is 46.8 Å². The molecule has 6 atom stereocenters. The summed E-state index contributed by atoms with van der Waals surface area (Å²) in [5, 5.41) is 13.3. The molecule has 0 spiro atoms. The van der Waals surface area contributed by atoms with E-state index in [1.54, 1.807) is 32.0 Å². The predicted molar refractivity (Wildman–Crippen MR) is 135 cm³/mol. The molecule has 0 amide bonds. The van der Waals surface area contributed by atoms with E-state index in [-0.39, 0.29) is 5.75 Å². The SMILES string of the molecule is CC(C)OC(=O)[C@H](C)N[P@@](=O)(Oc1ccccc1)OC(C)(C)[C@H]1O[C@@H](n2ccc(=O)[nH]c2=O)[C@@](F)(CF)C1O. The Morgan fingerprint density at radius 2 is 1.90 bits per heavy atom. The highest BCUT2D eigenvalue weighted by atomic mass is 31.2. The first-order chi connectivity index (χ1) is 18.1. The van der Waals surface area contributed by atoms with Gasteiger partial charge in [0.15, 0.2) is 6.23 Å². The van der Waals surface area contributed by atoms with Crippen molar-refractivity contribution in [1.29, 1.82) is 0 Å². The normalized spacial score (nSPS) is 25.7. The van der Waals surface area contributed by atoms with Crippen LogP contribution >= 0.6 is 7.75 Å². The van der Waals surface area contributed by atoms with Crippen molar-refractivity contribution < 1.29 is 41.8 Å². The van der Waals surface area contributed by atoms with Gasteiger partial charge in [0.1, 0.15) is 36.3 Å². The molecule has 0 bridgehead atoms. The summed E-state index contributed by atoms with van der Waals surface area (Å²) < 4.78 is 66.5. The zero-order valence-corrected chi connectivity index (χ0v) is 22.9. The van der Waals surface area contributed by atoms with Crippen LogP contribution in [0.25, 0.3) is 0 Å². The number of esters is 1. The smallest absolute Gasteiger partial charge is 0.460 e. The number of halogens is 2. The van der Waals surface area contributed by atoms with Gasteiger partial charge < -0.3 is 19.1 Å². The minimum atomic E-state index is -4.53. The van der Waals surface area contributed by atoms with Crippen LogP contribution in [0.2, 0.25) is 0 Å². The van der Waals surface area contributed by atoms with Crippen LogP contribution in [-0.4, -0.2) is 62.9 Å². The first-order valence-corrected chi connectivity index (χ1v) is 13.6. The van der Waals surface area contributed by atoms with Crippen molar-refractivity contribution in [3.8, 4) is 5.75 Å². The van der Waals surface area contributed by atoms with Gasteiger partial charge in [-0.3, -0.25) is 23.7 Å². The average molecular weight is 576 g/mol. The summed E-state index contributed by atoms with van der Waals surface area (Å²) in [6.07, 6.45) is -5.53. The number of hydrogen-bond donors (Lipinski definition) is 3. The molecule has 0 radical (unpaired) electrons. The number of alkyl halides is 2. The molecule has 1 aromatic heterocycles. The number of carbonyl (C=O) groups is 1. The van der Waals surface area contributed by atoms with Gasteiger partial charge in [0, 0.05) is 12.3 Å². The summed E-state index contributed by atoms with van der Waals surface area (Å²) in [6.45, 7) is 5.39. The van der Waals surface area contributed by atoms with E-state index in [4.69, 9.17) is 18.5 Å². The summed E-state index contributed by atoms with van der Waals surface area (Å²) in [5.41, 5.74) is -6.92. The van der Waals surface area contributed by atoms with E-state index >= 15 is 4.39 Å². The Kier molecular flexibility index (Phi) is 9.18. The van der Waals surface area contributed by atoms with Crippen LogP contribution in [0.1, 0.15) is 40.8 Å². The van der Waals surface area contributed by atoms with Crippen LogP contribution < -0.4 is 20.9 Å². The maximum absolute atomic E-state index is 15.8. The Morgan fingerprint density at radius 3 is 2.46 bits per heavy atom. The number of aromatic nitrogens is 2. The van der Waals surface area contributed by atoms with E-state index < -0.39 is 73.5 Å². The highest BCUT2D eigenvalue weighted by Crippen LogP contribution is 2.53. The molecule has 3 N–H and O–H groups in total. The van der Waals surface area contributed by atoms with Gasteiger partial charge in [-0.25, -0.2) is 18.1 Å². The van der Waals surface area contributed by atoms with Gasteiger partial charge in [0.05, 0.1) is 6.10 Å². The van der Waals surface area contributed by atoms with Crippen molar-refractivity contribution in [2.75, 3.05) is 6.67 Å². The highest BCUT2D eigenvalue weighted by Gasteiger charge is 2.63. The molecule has 1 aliphatic rings. The first kappa shape index (κ1) is 30.6. The lowest BCUT2D eigenvalue weighted by Crippen LogP contribution is -2.52. The summed E-state index contributed by atoms with van der Waals surface area (Å²) in [7, 11) is -4.53. The number of aliphatic hydroxyl groups is 1. The Hall–Kier alpha value is -2.90. The molecule has 12 nitrogen and oxygen atoms in total. The lowest BCUT2D eigenvalue weighted by molar-refractivity contribution is -0.149. The highest BCUT2D eigenvalue weighted by molar-refractivity contribution is 7.52. The quantitative estimate of drug-likeness (QED) is 0.268. The molecule has 15 heteroatoms. The minimum Gasteiger partial charge on any atom is -0.462 e. The number of nitrogens with one attached hydrogen (secondary N) is 2. The zero-order valence-electron chi connectivity index (χ0n) is 22.0. The number of para-hydroxylation sites is 1. The van der Waals surface area contributed by atoms with Gasteiger partial charge in [-0.2, -0.15) is 5.09 Å². The van der Waals surface area contributed by atoms with Crippen LogP contribution in [0.15, 0.2) is 52.2 Å². The van der Waals surface area contributed by atoms with E-state index in [1.165, 1.54) is 32.9 Å². The van der Waals surface area contributed by atoms with Gasteiger partial charge in [0.2, 0.25) is 5.67 Å². The molecule has 0 aliphatic carbocycles. The van der Waals surface area contributed by atoms with Crippen LogP contribution in [0.4, 0.5) is 8.78 Å². The Morgan fingerprint density at radius 1 is 1.26 bits per heavy atom. The van der Waals surface area contributed by atoms with Crippen LogP contribution in [0, 0.1) is 0 Å². The number of ether oxygens (including phenoxy) is 2. The molecule has 3 rings (SSSR count). The number of aliphatic hydroxyl groups excluding tert-OH is 1. The van der Waals surface area contributed by atoms with Crippen molar-refractivity contribution in [2.45, 2.75) is 76.5 Å². The number of H-pyrrole nitrogens is 1. The van der Waals surface area contributed by atoms with Crippen LogP contribution in [0.5, 0.6) is 5.75 Å². The third-order valence-electron chi connectivity index (χ3n) is 5.84. The van der Waals surface area contributed by atoms with E-state index in [0.29, 0.717) is 4.57 Å². The van der Waals surface area contributed by atoms with E-state index in [0.717, 1.165) is 12.3 Å². The minimum absolute atomic E-state index is 0.0858. The van der Waals surface area contributed by atoms with E-state index in [2.05, 4.69) is 5.09 Å². The predicted octanol–water partition coefficient (Wildman–Crippen LogP) is 2.38. The lowest BCUT2D eigenvalue weighted by Gasteiger charge is -2.36. The molecule has 216 valence electrons. The number of aromatic amines is 1. The van der Waals surface area contributed by atoms with Gasteiger partial charge >= 0.3 is 19.4 Å². The average Bonchev–Trinajstić information content (AvgIpc) is 3.10. The maximum atomic E-state index is 15.8. The van der Waals surface area contributed by atoms with Crippen molar-refractivity contribution in [1.82, 2.24) is 14.6 Å². The van der Waals surface area contributed by atoms with Crippen molar-refractivity contribution in [3.63, 3.8) is 0 Å². The Balaban J connectivity index is 1.96. The molecule has 1 saturated heterocycles. The maximum Gasteiger partial charge on any atom is 0.460 e. The number of nitrogens with zero attached hydrogens (tertiary/aromatic N) is 1. The monoisotopic (exact) mass is 575 g/mol. The fourth-order valence-corrected chi connectivity index (χ4v) is 5.84. The first-order valence-electron chi connectivity index (χ1n) is 12.1. The zero-order chi connectivity index (χ0) is 29.2. The standard InChI is InChI=1S/C24H32F2N3O9P/c1-14(2)35-20(32)15(3)28-39(34,37-16-9-7-6-8-10-16)38-23(4,5)19-18(31)24(26,13-25)21(36-19)29-12-11-17(30)27-22(29)33/h6-12,14-15,18-19,21,31H,13H2,1-5H3,(H,28,34)(H,27,30,33)/t15-,18?,19-,21+,24+,39+/m0/s1. The topological polar surface area (TPSA) is 158 Å². The molecule has 39 heavy (non-hydrogen) atoms. The number of hydrogen-bond acceptors (Lipinski definition) is 9.